The number of hydrogen-bond acceptors (Lipinski definition) is 5. The summed E-state index contributed by atoms with van der Waals surface area (Å²) in [5.74, 6) is 0.0779. The number of carbonyl (C=O) groups excluding carboxylic acids is 2. The summed E-state index contributed by atoms with van der Waals surface area (Å²) in [6.45, 7) is 0.282. The molecule has 1 aromatic heterocycles. The van der Waals surface area contributed by atoms with Gasteiger partial charge < -0.3 is 24.5 Å². The van der Waals surface area contributed by atoms with Gasteiger partial charge in [0.15, 0.2) is 0 Å². The lowest BCUT2D eigenvalue weighted by molar-refractivity contribution is -0.139. The predicted molar refractivity (Wildman–Crippen MR) is 116 cm³/mol. The van der Waals surface area contributed by atoms with Crippen LogP contribution in [-0.2, 0) is 27.4 Å². The highest BCUT2D eigenvalue weighted by atomic mass is 35.5. The van der Waals surface area contributed by atoms with Gasteiger partial charge in [0.05, 0.1) is 19.8 Å². The van der Waals surface area contributed by atoms with Crippen LogP contribution in [0.25, 0.3) is 10.9 Å². The van der Waals surface area contributed by atoms with Gasteiger partial charge in [-0.15, -0.1) is 11.6 Å². The number of aliphatic hydroxyl groups excluding tert-OH is 1. The van der Waals surface area contributed by atoms with Gasteiger partial charge in [-0.3, -0.25) is 9.59 Å². The number of ether oxygens (including phenoxy) is 2. The molecular formula is C23H23ClN2O5. The first-order valence-corrected chi connectivity index (χ1v) is 10.5. The number of halogens is 1. The van der Waals surface area contributed by atoms with E-state index in [0.29, 0.717) is 24.2 Å². The predicted octanol–water partition coefficient (Wildman–Crippen LogP) is 2.92. The average molecular weight is 443 g/mol. The van der Waals surface area contributed by atoms with Gasteiger partial charge in [0, 0.05) is 22.2 Å². The van der Waals surface area contributed by atoms with Gasteiger partial charge in [-0.2, -0.15) is 0 Å². The second-order valence-corrected chi connectivity index (χ2v) is 7.69. The van der Waals surface area contributed by atoms with Crippen LogP contribution in [0.5, 0.6) is 5.75 Å². The van der Waals surface area contributed by atoms with Gasteiger partial charge in [-0.05, 0) is 35.7 Å². The maximum atomic E-state index is 13.0. The minimum atomic E-state index is -0.552. The molecule has 1 aliphatic rings. The van der Waals surface area contributed by atoms with Crippen molar-refractivity contribution in [3.05, 3.63) is 64.8 Å². The summed E-state index contributed by atoms with van der Waals surface area (Å²) in [5.41, 5.74) is 4.27. The Morgan fingerprint density at radius 1 is 1.32 bits per heavy atom. The summed E-state index contributed by atoms with van der Waals surface area (Å²) in [5, 5.41) is 10.8. The first kappa shape index (κ1) is 21.2. The molecule has 3 aromatic rings. The fourth-order valence-corrected chi connectivity index (χ4v) is 4.60. The van der Waals surface area contributed by atoms with E-state index in [4.69, 9.17) is 21.1 Å². The standard InChI is InChI=1S/C23H23ClN2O5/c1-30-20-7-6-14(11-27)8-18(20)23-22-17(16-4-2-3-5-19(16)25-22)9-15(12-31-13-28)26(23)21(29)10-24/h2-8,13,15,23,25,27H,9-12H2,1H3/t15-,23-/m0/s1. The van der Waals surface area contributed by atoms with Crippen molar-refractivity contribution in [2.45, 2.75) is 25.1 Å². The van der Waals surface area contributed by atoms with Crippen LogP contribution in [0, 0.1) is 0 Å². The summed E-state index contributed by atoms with van der Waals surface area (Å²) in [7, 11) is 1.56. The molecule has 2 aromatic carbocycles. The van der Waals surface area contributed by atoms with Gasteiger partial charge in [-0.25, -0.2) is 0 Å². The summed E-state index contributed by atoms with van der Waals surface area (Å²) in [6.07, 6.45) is 0.508. The molecule has 0 aliphatic carbocycles. The third kappa shape index (κ3) is 3.75. The van der Waals surface area contributed by atoms with Crippen molar-refractivity contribution in [2.75, 3.05) is 19.6 Å². The highest BCUT2D eigenvalue weighted by molar-refractivity contribution is 6.27. The number of nitrogens with zero attached hydrogens (tertiary/aromatic N) is 1. The Labute approximate surface area is 184 Å². The third-order valence-corrected chi connectivity index (χ3v) is 5.99. The number of nitrogens with one attached hydrogen (secondary N) is 1. The summed E-state index contributed by atoms with van der Waals surface area (Å²) < 4.78 is 10.7. The first-order chi connectivity index (χ1) is 15.1. The Balaban J connectivity index is 1.98. The quantitative estimate of drug-likeness (QED) is 0.433. The highest BCUT2D eigenvalue weighted by Gasteiger charge is 2.41. The number of alkyl halides is 1. The Morgan fingerprint density at radius 3 is 2.84 bits per heavy atom. The maximum Gasteiger partial charge on any atom is 0.293 e. The zero-order chi connectivity index (χ0) is 22.0. The van der Waals surface area contributed by atoms with Crippen LogP contribution in [0.3, 0.4) is 0 Å². The molecule has 0 fully saturated rings. The van der Waals surface area contributed by atoms with Crippen LogP contribution in [0.15, 0.2) is 42.5 Å². The fraction of sp³-hybridized carbons (Fsp3) is 0.304. The number of benzene rings is 2. The number of amides is 1. The van der Waals surface area contributed by atoms with E-state index in [1.165, 1.54) is 0 Å². The molecule has 1 aliphatic heterocycles. The molecule has 8 heteroatoms. The molecule has 1 amide bonds. The third-order valence-electron chi connectivity index (χ3n) is 5.76. The number of aliphatic hydroxyl groups is 1. The van der Waals surface area contributed by atoms with Crippen molar-refractivity contribution in [1.82, 2.24) is 9.88 Å². The molecule has 0 unspecified atom stereocenters. The molecule has 2 atom stereocenters. The largest absolute Gasteiger partial charge is 0.496 e. The Kier molecular flexibility index (Phi) is 6.15. The molecule has 2 heterocycles. The molecule has 0 saturated heterocycles. The van der Waals surface area contributed by atoms with Crippen LogP contribution < -0.4 is 4.74 Å². The maximum absolute atomic E-state index is 13.0. The molecule has 31 heavy (non-hydrogen) atoms. The van der Waals surface area contributed by atoms with Crippen LogP contribution in [0.4, 0.5) is 0 Å². The Bertz CT molecular complexity index is 1110. The number of aromatic nitrogens is 1. The number of methoxy groups -OCH3 is 1. The topological polar surface area (TPSA) is 91.9 Å². The lowest BCUT2D eigenvalue weighted by atomic mass is 9.87. The lowest BCUT2D eigenvalue weighted by Crippen LogP contribution is -2.50. The van der Waals surface area contributed by atoms with Gasteiger partial charge in [0.2, 0.25) is 5.91 Å². The first-order valence-electron chi connectivity index (χ1n) is 9.92. The van der Waals surface area contributed by atoms with E-state index in [9.17, 15) is 14.7 Å². The van der Waals surface area contributed by atoms with Crippen molar-refractivity contribution in [3.63, 3.8) is 0 Å². The molecule has 2 N–H and O–H groups in total. The summed E-state index contributed by atoms with van der Waals surface area (Å²) in [4.78, 5) is 29.1. The van der Waals surface area contributed by atoms with Gasteiger partial charge in [-0.1, -0.05) is 24.3 Å². The van der Waals surface area contributed by atoms with Crippen molar-refractivity contribution >= 4 is 34.9 Å². The van der Waals surface area contributed by atoms with Gasteiger partial charge >= 0.3 is 0 Å². The van der Waals surface area contributed by atoms with Crippen molar-refractivity contribution < 1.29 is 24.2 Å². The van der Waals surface area contributed by atoms with Crippen molar-refractivity contribution in [2.24, 2.45) is 0 Å². The van der Waals surface area contributed by atoms with Crippen LogP contribution >= 0.6 is 11.6 Å². The van der Waals surface area contributed by atoms with Crippen LogP contribution in [0.1, 0.15) is 28.4 Å². The monoisotopic (exact) mass is 442 g/mol. The smallest absolute Gasteiger partial charge is 0.293 e. The van der Waals surface area contributed by atoms with E-state index < -0.39 is 12.1 Å². The Hall–Kier alpha value is -3.03. The summed E-state index contributed by atoms with van der Waals surface area (Å²) >= 11 is 5.99. The van der Waals surface area contributed by atoms with E-state index in [0.717, 1.165) is 27.7 Å². The molecule has 0 spiro atoms. The molecule has 0 radical (unpaired) electrons. The lowest BCUT2D eigenvalue weighted by Gasteiger charge is -2.42. The van der Waals surface area contributed by atoms with Crippen molar-refractivity contribution in [3.8, 4) is 5.75 Å². The molecule has 4 rings (SSSR count). The average Bonchev–Trinajstić information content (AvgIpc) is 3.19. The molecule has 162 valence electrons. The minimum absolute atomic E-state index is 0.0452. The van der Waals surface area contributed by atoms with Gasteiger partial charge in [0.1, 0.15) is 24.3 Å². The summed E-state index contributed by atoms with van der Waals surface area (Å²) in [6, 6.07) is 12.3. The number of hydrogen-bond donors (Lipinski definition) is 2. The van der Waals surface area contributed by atoms with E-state index in [-0.39, 0.29) is 25.0 Å². The number of carbonyl (C=O) groups is 2. The van der Waals surface area contributed by atoms with Crippen molar-refractivity contribution in [1.29, 1.82) is 0 Å². The molecule has 0 bridgehead atoms. The normalized spacial score (nSPS) is 18.0. The molecule has 0 saturated carbocycles. The van der Waals surface area contributed by atoms with E-state index in [2.05, 4.69) is 4.98 Å². The number of H-pyrrole nitrogens is 1. The van der Waals surface area contributed by atoms with Crippen LogP contribution in [0.2, 0.25) is 0 Å². The number of fused-ring (bicyclic) bond motifs is 3. The van der Waals surface area contributed by atoms with Crippen LogP contribution in [-0.4, -0.2) is 53.0 Å². The fourth-order valence-electron chi connectivity index (χ4n) is 4.47. The second-order valence-electron chi connectivity index (χ2n) is 7.42. The number of aromatic amines is 1. The van der Waals surface area contributed by atoms with E-state index in [1.54, 1.807) is 24.1 Å². The minimum Gasteiger partial charge on any atom is -0.496 e. The van der Waals surface area contributed by atoms with E-state index in [1.807, 2.05) is 30.3 Å². The van der Waals surface area contributed by atoms with E-state index >= 15 is 0 Å². The van der Waals surface area contributed by atoms with Gasteiger partial charge in [0.25, 0.3) is 6.47 Å². The zero-order valence-corrected chi connectivity index (χ0v) is 17.8. The number of rotatable bonds is 7. The Morgan fingerprint density at radius 2 is 2.13 bits per heavy atom. The molecular weight excluding hydrogens is 420 g/mol. The second kappa shape index (κ2) is 8.99. The zero-order valence-electron chi connectivity index (χ0n) is 17.0. The number of para-hydroxylation sites is 1. The highest BCUT2D eigenvalue weighted by Crippen LogP contribution is 2.44. The molecule has 7 nitrogen and oxygen atoms in total. The SMILES string of the molecule is COc1ccc(CO)cc1[C@H]1c2[nH]c3ccccc3c2C[C@@H](COC=O)N1C(=O)CCl.